The third kappa shape index (κ3) is 1.82. The molecule has 0 amide bonds. The lowest BCUT2D eigenvalue weighted by molar-refractivity contribution is -0.176. The molecule has 0 aliphatic heterocycles. The molecule has 0 aromatic carbocycles. The molecule has 0 aromatic heterocycles. The number of aliphatic hydroxyl groups is 1. The molecule has 0 spiro atoms. The van der Waals surface area contributed by atoms with Crippen LogP contribution >= 0.6 is 0 Å². The van der Waals surface area contributed by atoms with Crippen molar-refractivity contribution in [3.63, 3.8) is 0 Å². The molecule has 0 bridgehead atoms. The zero-order valence-corrected chi connectivity index (χ0v) is 9.33. The molecule has 0 radical (unpaired) electrons. The van der Waals surface area contributed by atoms with E-state index in [2.05, 4.69) is 13.8 Å². The molecule has 2 rings (SSSR count). The maximum atomic E-state index is 9.53. The molecule has 1 N–H and O–H groups in total. The molecule has 14 heavy (non-hydrogen) atoms. The molecule has 2 nitrogen and oxygen atoms in total. The molecule has 0 saturated heterocycles. The molecule has 2 aliphatic carbocycles. The smallest absolute Gasteiger partial charge is 0.0675 e. The first kappa shape index (κ1) is 10.4. The zero-order chi connectivity index (χ0) is 10.2. The summed E-state index contributed by atoms with van der Waals surface area (Å²) in [5, 5.41) is 9.53. The highest BCUT2D eigenvalue weighted by molar-refractivity contribution is 4.98. The largest absolute Gasteiger partial charge is 0.392 e. The molecule has 2 saturated carbocycles. The second kappa shape index (κ2) is 3.82. The Balaban J connectivity index is 1.62. The van der Waals surface area contributed by atoms with Crippen molar-refractivity contribution in [2.75, 3.05) is 6.61 Å². The van der Waals surface area contributed by atoms with Gasteiger partial charge in [0.15, 0.2) is 0 Å². The van der Waals surface area contributed by atoms with Crippen LogP contribution in [0.15, 0.2) is 0 Å². The number of hydrogen-bond acceptors (Lipinski definition) is 2. The highest BCUT2D eigenvalue weighted by Gasteiger charge is 2.48. The van der Waals surface area contributed by atoms with Gasteiger partial charge in [-0.1, -0.05) is 33.1 Å². The number of aliphatic hydroxyl groups excluding tert-OH is 1. The van der Waals surface area contributed by atoms with E-state index < -0.39 is 0 Å². The van der Waals surface area contributed by atoms with Gasteiger partial charge in [-0.05, 0) is 12.3 Å². The van der Waals surface area contributed by atoms with Crippen LogP contribution < -0.4 is 0 Å². The van der Waals surface area contributed by atoms with Crippen LogP contribution in [0.5, 0.6) is 0 Å². The Morgan fingerprint density at radius 3 is 2.50 bits per heavy atom. The standard InChI is InChI=1S/C12H22O2/c1-12(2)10(13)8-11(12)14-7-6-9-4-3-5-9/h9-11,13H,3-8H2,1-2H3. The minimum Gasteiger partial charge on any atom is -0.392 e. The highest BCUT2D eigenvalue weighted by Crippen LogP contribution is 2.42. The Bertz CT molecular complexity index is 196. The summed E-state index contributed by atoms with van der Waals surface area (Å²) in [6.45, 7) is 5.08. The van der Waals surface area contributed by atoms with Crippen molar-refractivity contribution < 1.29 is 9.84 Å². The Morgan fingerprint density at radius 1 is 1.36 bits per heavy atom. The molecule has 2 fully saturated rings. The summed E-state index contributed by atoms with van der Waals surface area (Å²) in [6, 6.07) is 0. The molecule has 0 aromatic rings. The average molecular weight is 198 g/mol. The second-order valence-electron chi connectivity index (χ2n) is 5.52. The van der Waals surface area contributed by atoms with Crippen LogP contribution in [0.2, 0.25) is 0 Å². The topological polar surface area (TPSA) is 29.5 Å². The molecular formula is C12H22O2. The van der Waals surface area contributed by atoms with Crippen LogP contribution in [-0.2, 0) is 4.74 Å². The molecule has 2 unspecified atom stereocenters. The lowest BCUT2D eigenvalue weighted by Gasteiger charge is -2.48. The summed E-state index contributed by atoms with van der Waals surface area (Å²) in [6.07, 6.45) is 6.41. The van der Waals surface area contributed by atoms with Crippen molar-refractivity contribution in [1.29, 1.82) is 0 Å². The lowest BCUT2D eigenvalue weighted by Crippen LogP contribution is -2.54. The van der Waals surface area contributed by atoms with Gasteiger partial charge in [0.25, 0.3) is 0 Å². The van der Waals surface area contributed by atoms with Gasteiger partial charge in [-0.2, -0.15) is 0 Å². The van der Waals surface area contributed by atoms with Gasteiger partial charge >= 0.3 is 0 Å². The fourth-order valence-corrected chi connectivity index (χ4v) is 2.31. The van der Waals surface area contributed by atoms with E-state index in [0.717, 1.165) is 18.9 Å². The van der Waals surface area contributed by atoms with Crippen LogP contribution in [-0.4, -0.2) is 23.9 Å². The van der Waals surface area contributed by atoms with E-state index >= 15 is 0 Å². The van der Waals surface area contributed by atoms with E-state index in [1.54, 1.807) is 0 Å². The summed E-state index contributed by atoms with van der Waals surface area (Å²) in [5.41, 5.74) is -0.0143. The van der Waals surface area contributed by atoms with Crippen LogP contribution in [0.4, 0.5) is 0 Å². The number of rotatable bonds is 4. The Hall–Kier alpha value is -0.0800. The van der Waals surface area contributed by atoms with E-state index in [4.69, 9.17) is 4.74 Å². The normalized spacial score (nSPS) is 36.2. The van der Waals surface area contributed by atoms with Crippen LogP contribution in [0.1, 0.15) is 46.0 Å². The van der Waals surface area contributed by atoms with Gasteiger partial charge in [-0.25, -0.2) is 0 Å². The molecule has 82 valence electrons. The predicted molar refractivity (Wildman–Crippen MR) is 56.1 cm³/mol. The van der Waals surface area contributed by atoms with E-state index in [1.165, 1.54) is 25.7 Å². The van der Waals surface area contributed by atoms with Crippen LogP contribution in [0, 0.1) is 11.3 Å². The van der Waals surface area contributed by atoms with Crippen molar-refractivity contribution in [1.82, 2.24) is 0 Å². The van der Waals surface area contributed by atoms with Gasteiger partial charge in [-0.3, -0.25) is 0 Å². The summed E-state index contributed by atoms with van der Waals surface area (Å²) in [7, 11) is 0. The van der Waals surface area contributed by atoms with Gasteiger partial charge < -0.3 is 9.84 Å². The highest BCUT2D eigenvalue weighted by atomic mass is 16.5. The Morgan fingerprint density at radius 2 is 2.07 bits per heavy atom. The van der Waals surface area contributed by atoms with Crippen molar-refractivity contribution in [3.8, 4) is 0 Å². The van der Waals surface area contributed by atoms with Crippen molar-refractivity contribution in [3.05, 3.63) is 0 Å². The van der Waals surface area contributed by atoms with Crippen molar-refractivity contribution in [2.24, 2.45) is 11.3 Å². The van der Waals surface area contributed by atoms with Crippen LogP contribution in [0.3, 0.4) is 0 Å². The van der Waals surface area contributed by atoms with Gasteiger partial charge in [0.1, 0.15) is 0 Å². The van der Waals surface area contributed by atoms with E-state index in [-0.39, 0.29) is 17.6 Å². The zero-order valence-electron chi connectivity index (χ0n) is 9.33. The monoisotopic (exact) mass is 198 g/mol. The summed E-state index contributed by atoms with van der Waals surface area (Å²) >= 11 is 0. The predicted octanol–water partition coefficient (Wildman–Crippen LogP) is 2.35. The third-order valence-corrected chi connectivity index (χ3v) is 4.20. The quantitative estimate of drug-likeness (QED) is 0.751. The number of ether oxygens (including phenoxy) is 1. The van der Waals surface area contributed by atoms with Crippen molar-refractivity contribution >= 4 is 0 Å². The van der Waals surface area contributed by atoms with Gasteiger partial charge in [-0.15, -0.1) is 0 Å². The minimum absolute atomic E-state index is 0.0143. The maximum absolute atomic E-state index is 9.53. The van der Waals surface area contributed by atoms with E-state index in [9.17, 15) is 5.11 Å². The average Bonchev–Trinajstić information content (AvgIpc) is 2.07. The van der Waals surface area contributed by atoms with E-state index in [0.29, 0.717) is 0 Å². The molecule has 2 atom stereocenters. The molecule has 2 aliphatic rings. The first-order valence-electron chi connectivity index (χ1n) is 5.90. The molecule has 2 heteroatoms. The van der Waals surface area contributed by atoms with Gasteiger partial charge in [0, 0.05) is 18.4 Å². The summed E-state index contributed by atoms with van der Waals surface area (Å²) in [4.78, 5) is 0. The summed E-state index contributed by atoms with van der Waals surface area (Å²) < 4.78 is 5.81. The van der Waals surface area contributed by atoms with Crippen LogP contribution in [0.25, 0.3) is 0 Å². The van der Waals surface area contributed by atoms with E-state index in [1.807, 2.05) is 0 Å². The SMILES string of the molecule is CC1(C)C(O)CC1OCCC1CCC1. The van der Waals surface area contributed by atoms with Gasteiger partial charge in [0.2, 0.25) is 0 Å². The maximum Gasteiger partial charge on any atom is 0.0675 e. The first-order valence-corrected chi connectivity index (χ1v) is 5.90. The number of hydrogen-bond donors (Lipinski definition) is 1. The second-order valence-corrected chi connectivity index (χ2v) is 5.52. The fourth-order valence-electron chi connectivity index (χ4n) is 2.31. The Kier molecular flexibility index (Phi) is 2.85. The first-order chi connectivity index (χ1) is 6.60. The molecule has 0 heterocycles. The lowest BCUT2D eigenvalue weighted by atomic mass is 9.66. The fraction of sp³-hybridized carbons (Fsp3) is 1.00. The van der Waals surface area contributed by atoms with Crippen molar-refractivity contribution in [2.45, 2.75) is 58.2 Å². The minimum atomic E-state index is -0.156. The third-order valence-electron chi connectivity index (χ3n) is 4.20. The summed E-state index contributed by atoms with van der Waals surface area (Å²) in [5.74, 6) is 0.933. The molecular weight excluding hydrogens is 176 g/mol. The Labute approximate surface area is 86.6 Å². The van der Waals surface area contributed by atoms with Gasteiger partial charge in [0.05, 0.1) is 12.2 Å².